The molecule has 224 valence electrons. The Hall–Kier alpha value is -5.25. The van der Waals surface area contributed by atoms with Crippen molar-refractivity contribution in [3.63, 3.8) is 0 Å². The van der Waals surface area contributed by atoms with Gasteiger partial charge >= 0.3 is 17.9 Å². The molecule has 43 heavy (non-hydrogen) atoms. The molecule has 3 aromatic rings. The minimum Gasteiger partial charge on any atom is -0.481 e. The zero-order chi connectivity index (χ0) is 31.7. The number of amides is 1. The lowest BCUT2D eigenvalue weighted by atomic mass is 9.77. The van der Waals surface area contributed by atoms with E-state index in [1.165, 1.54) is 31.2 Å². The number of carboxylic acid groups (broad SMARTS) is 2. The van der Waals surface area contributed by atoms with Crippen LogP contribution in [-0.4, -0.2) is 50.3 Å². The van der Waals surface area contributed by atoms with Gasteiger partial charge in [0.05, 0.1) is 11.5 Å². The van der Waals surface area contributed by atoms with Gasteiger partial charge in [-0.05, 0) is 73.4 Å². The molecular weight excluding hydrogens is 550 g/mol. The first-order valence-corrected chi connectivity index (χ1v) is 13.7. The monoisotopic (exact) mass is 585 g/mol. The predicted molar refractivity (Wildman–Crippen MR) is 162 cm³/mol. The van der Waals surface area contributed by atoms with Gasteiger partial charge in [-0.1, -0.05) is 56.3 Å². The van der Waals surface area contributed by atoms with Gasteiger partial charge in [0.2, 0.25) is 0 Å². The Morgan fingerprint density at radius 3 is 2.00 bits per heavy atom. The molecule has 0 spiro atoms. The van der Waals surface area contributed by atoms with E-state index in [1.54, 1.807) is 74.5 Å². The van der Waals surface area contributed by atoms with E-state index in [1.807, 2.05) is 0 Å². The molecule has 0 aliphatic heterocycles. The van der Waals surface area contributed by atoms with Gasteiger partial charge in [0.1, 0.15) is 11.6 Å². The number of carbonyl (C=O) groups is 4. The third kappa shape index (κ3) is 7.34. The summed E-state index contributed by atoms with van der Waals surface area (Å²) < 4.78 is 5.38. The fourth-order valence-corrected chi connectivity index (χ4v) is 5.03. The summed E-state index contributed by atoms with van der Waals surface area (Å²) in [7, 11) is 0. The van der Waals surface area contributed by atoms with Gasteiger partial charge in [-0.3, -0.25) is 15.0 Å². The fraction of sp³-hybridized carbons (Fsp3) is 0.242. The maximum Gasteiger partial charge on any atom is 0.343 e. The number of hydrogen-bond donors (Lipinski definition) is 4. The fourth-order valence-electron chi connectivity index (χ4n) is 5.03. The van der Waals surface area contributed by atoms with Crippen molar-refractivity contribution in [2.45, 2.75) is 45.7 Å². The second kappa shape index (κ2) is 14.1. The van der Waals surface area contributed by atoms with Gasteiger partial charge in [0, 0.05) is 17.7 Å². The topological polar surface area (TPSA) is 171 Å². The van der Waals surface area contributed by atoms with Crippen molar-refractivity contribution in [2.24, 2.45) is 11.7 Å². The number of esters is 1. The highest BCUT2D eigenvalue weighted by Crippen LogP contribution is 2.35. The number of aliphatic carboxylic acids is 2. The molecule has 0 saturated heterocycles. The summed E-state index contributed by atoms with van der Waals surface area (Å²) >= 11 is 0. The lowest BCUT2D eigenvalue weighted by Gasteiger charge is -2.43. The third-order valence-corrected chi connectivity index (χ3v) is 7.35. The molecule has 0 aliphatic rings. The van der Waals surface area contributed by atoms with Crippen molar-refractivity contribution in [1.29, 1.82) is 5.41 Å². The molecule has 0 radical (unpaired) electrons. The van der Waals surface area contributed by atoms with E-state index in [-0.39, 0.29) is 42.1 Å². The lowest BCUT2D eigenvalue weighted by Crippen LogP contribution is -2.62. The first kappa shape index (κ1) is 32.3. The van der Waals surface area contributed by atoms with Crippen LogP contribution in [0.5, 0.6) is 5.75 Å². The molecule has 1 unspecified atom stereocenters. The number of nitrogens with zero attached hydrogens (tertiary/aromatic N) is 1. The Bertz CT molecular complexity index is 1520. The normalized spacial score (nSPS) is 13.3. The summed E-state index contributed by atoms with van der Waals surface area (Å²) in [6.45, 7) is 4.59. The van der Waals surface area contributed by atoms with Crippen LogP contribution in [0.25, 0.3) is 6.08 Å². The number of amidine groups is 1. The zero-order valence-electron chi connectivity index (χ0n) is 24.2. The molecule has 1 amide bonds. The molecule has 5 N–H and O–H groups in total. The molecule has 0 bridgehead atoms. The summed E-state index contributed by atoms with van der Waals surface area (Å²) in [4.78, 5) is 52.8. The van der Waals surface area contributed by atoms with Crippen LogP contribution in [0.3, 0.4) is 0 Å². The Morgan fingerprint density at radius 1 is 0.930 bits per heavy atom. The number of hydrogen-bond acceptors (Lipinski definition) is 6. The SMILES string of the molecule is CCC(C(=O)O)[C@@](CC)(C(=O)O)N(Cc1ccccc1)C(=O)/C(C)=C/c1ccc(C(=O)Oc2ccc(C(=N)N)cc2)cc1. The molecule has 10 heteroatoms. The molecule has 0 aliphatic carbocycles. The summed E-state index contributed by atoms with van der Waals surface area (Å²) in [5.41, 5.74) is 5.61. The van der Waals surface area contributed by atoms with Gasteiger partial charge in [0.25, 0.3) is 5.91 Å². The highest BCUT2D eigenvalue weighted by Gasteiger charge is 2.53. The molecule has 0 heterocycles. The van der Waals surface area contributed by atoms with Crippen LogP contribution in [-0.2, 0) is 20.9 Å². The van der Waals surface area contributed by atoms with Crippen LogP contribution in [0.1, 0.15) is 60.7 Å². The van der Waals surface area contributed by atoms with E-state index in [0.717, 1.165) is 4.90 Å². The van der Waals surface area contributed by atoms with Crippen LogP contribution in [0.15, 0.2) is 84.4 Å². The van der Waals surface area contributed by atoms with Gasteiger partial charge in [-0.25, -0.2) is 9.59 Å². The summed E-state index contributed by atoms with van der Waals surface area (Å²) in [5, 5.41) is 27.9. The van der Waals surface area contributed by atoms with Gasteiger partial charge in [-0.2, -0.15) is 0 Å². The van der Waals surface area contributed by atoms with E-state index in [9.17, 15) is 29.4 Å². The highest BCUT2D eigenvalue weighted by molar-refractivity contribution is 6.01. The highest BCUT2D eigenvalue weighted by atomic mass is 16.5. The summed E-state index contributed by atoms with van der Waals surface area (Å²) in [5.74, 6) is -5.08. The molecule has 0 aromatic heterocycles. The number of nitrogens with one attached hydrogen (secondary N) is 1. The van der Waals surface area contributed by atoms with Crippen LogP contribution < -0.4 is 10.5 Å². The largest absolute Gasteiger partial charge is 0.481 e. The van der Waals surface area contributed by atoms with Gasteiger partial charge in [-0.15, -0.1) is 0 Å². The van der Waals surface area contributed by atoms with E-state index in [0.29, 0.717) is 16.7 Å². The Kier molecular flexibility index (Phi) is 10.6. The Labute approximate surface area is 249 Å². The number of carboxylic acids is 2. The van der Waals surface area contributed by atoms with Crippen molar-refractivity contribution in [2.75, 3.05) is 0 Å². The van der Waals surface area contributed by atoms with Crippen molar-refractivity contribution >= 4 is 35.7 Å². The molecule has 0 saturated carbocycles. The minimum absolute atomic E-state index is 0.00917. The zero-order valence-corrected chi connectivity index (χ0v) is 24.2. The first-order chi connectivity index (χ1) is 20.4. The molecule has 10 nitrogen and oxygen atoms in total. The standard InChI is InChI=1S/C33H35N3O7/c1-4-27(30(38)39)33(5-2,32(41)42)36(20-23-9-7-6-8-10-23)29(37)21(3)19-22-11-13-25(14-12-22)31(40)43-26-17-15-24(16-18-26)28(34)35/h6-19,27H,4-5,20H2,1-3H3,(H3,34,35)(H,38,39)(H,41,42)/b21-19+/t27?,33-/m0/s1. The molecule has 3 rings (SSSR count). The van der Waals surface area contributed by atoms with Crippen molar-refractivity contribution < 1.29 is 34.1 Å². The minimum atomic E-state index is -2.00. The van der Waals surface area contributed by atoms with E-state index in [4.69, 9.17) is 15.9 Å². The van der Waals surface area contributed by atoms with Crippen molar-refractivity contribution in [3.8, 4) is 5.75 Å². The predicted octanol–water partition coefficient (Wildman–Crippen LogP) is 4.97. The van der Waals surface area contributed by atoms with Crippen LogP contribution in [0.2, 0.25) is 0 Å². The number of rotatable bonds is 13. The van der Waals surface area contributed by atoms with Crippen LogP contribution in [0, 0.1) is 11.3 Å². The third-order valence-electron chi connectivity index (χ3n) is 7.35. The van der Waals surface area contributed by atoms with Gasteiger partial charge in [0.15, 0.2) is 5.54 Å². The molecule has 3 aromatic carbocycles. The molecule has 0 fully saturated rings. The second-order valence-electron chi connectivity index (χ2n) is 10.0. The van der Waals surface area contributed by atoms with Crippen LogP contribution in [0.4, 0.5) is 0 Å². The Morgan fingerprint density at radius 2 is 1.51 bits per heavy atom. The van der Waals surface area contributed by atoms with Crippen molar-refractivity contribution in [1.82, 2.24) is 4.90 Å². The average Bonchev–Trinajstić information content (AvgIpc) is 2.99. The van der Waals surface area contributed by atoms with E-state index < -0.39 is 35.3 Å². The molecule has 2 atom stereocenters. The van der Waals surface area contributed by atoms with Crippen molar-refractivity contribution in [3.05, 3.63) is 107 Å². The lowest BCUT2D eigenvalue weighted by molar-refractivity contribution is -0.171. The number of benzene rings is 3. The summed E-state index contributed by atoms with van der Waals surface area (Å²) in [6.07, 6.45) is 1.45. The molecular formula is C33H35N3O7. The maximum atomic E-state index is 14.0. The number of carbonyl (C=O) groups excluding carboxylic acids is 2. The summed E-state index contributed by atoms with van der Waals surface area (Å²) in [6, 6.07) is 21.3. The van der Waals surface area contributed by atoms with E-state index >= 15 is 0 Å². The first-order valence-electron chi connectivity index (χ1n) is 13.7. The average molecular weight is 586 g/mol. The van der Waals surface area contributed by atoms with E-state index in [2.05, 4.69) is 0 Å². The smallest absolute Gasteiger partial charge is 0.343 e. The van der Waals surface area contributed by atoms with Gasteiger partial charge < -0.3 is 25.6 Å². The number of nitrogen functional groups attached to an aromatic ring is 1. The quantitative estimate of drug-likeness (QED) is 0.0716. The number of nitrogens with two attached hydrogens (primary N) is 1. The second-order valence-corrected chi connectivity index (χ2v) is 10.0. The maximum absolute atomic E-state index is 14.0. The Balaban J connectivity index is 1.92. The van der Waals surface area contributed by atoms with Crippen LogP contribution >= 0.6 is 0 Å². The number of ether oxygens (including phenoxy) is 1.